The molecule has 0 saturated heterocycles. The monoisotopic (exact) mass is 455 g/mol. The standard InChI is InChI=1S/C21H17N3O9/c1-10(23-18(26)14-5-4-6-15(24(30)31)16(14)19(23)27)17(25)22-13-8-11(20(28)32-2)7-12(9-13)21(29)33-3/h4-10H,1-3H3,(H,22,25)/t10-/m0/s1. The molecule has 1 N–H and O–H groups in total. The second-order valence-corrected chi connectivity index (χ2v) is 6.88. The van der Waals surface area contributed by atoms with Crippen LogP contribution < -0.4 is 5.32 Å². The molecule has 0 bridgehead atoms. The molecular formula is C21H17N3O9. The zero-order valence-corrected chi connectivity index (χ0v) is 17.6. The molecule has 0 saturated carbocycles. The van der Waals surface area contributed by atoms with Gasteiger partial charge < -0.3 is 14.8 Å². The third-order valence-electron chi connectivity index (χ3n) is 4.93. The van der Waals surface area contributed by atoms with Crippen molar-refractivity contribution >= 4 is 41.0 Å². The summed E-state index contributed by atoms with van der Waals surface area (Å²) in [5.41, 5.74) is -1.24. The quantitative estimate of drug-likeness (QED) is 0.296. The molecule has 0 unspecified atom stereocenters. The lowest BCUT2D eigenvalue weighted by atomic mass is 10.1. The number of methoxy groups -OCH3 is 2. The molecule has 3 amide bonds. The summed E-state index contributed by atoms with van der Waals surface area (Å²) in [5.74, 6) is -4.25. The first-order chi connectivity index (χ1) is 15.6. The van der Waals surface area contributed by atoms with Crippen molar-refractivity contribution in [1.29, 1.82) is 0 Å². The molecule has 2 aromatic carbocycles. The van der Waals surface area contributed by atoms with E-state index in [0.29, 0.717) is 4.90 Å². The van der Waals surface area contributed by atoms with Crippen molar-refractivity contribution in [2.75, 3.05) is 19.5 Å². The molecule has 0 aliphatic carbocycles. The average molecular weight is 455 g/mol. The Morgan fingerprint density at radius 2 is 1.58 bits per heavy atom. The SMILES string of the molecule is COC(=O)c1cc(NC(=O)[C@H](C)N2C(=O)c3cccc([N+](=O)[O-])c3C2=O)cc(C(=O)OC)c1. The molecule has 0 spiro atoms. The first-order valence-electron chi connectivity index (χ1n) is 9.38. The van der Waals surface area contributed by atoms with Gasteiger partial charge in [-0.2, -0.15) is 0 Å². The van der Waals surface area contributed by atoms with Crippen LogP contribution >= 0.6 is 0 Å². The topological polar surface area (TPSA) is 162 Å². The Hall–Kier alpha value is -4.61. The van der Waals surface area contributed by atoms with Crippen LogP contribution in [0.5, 0.6) is 0 Å². The molecule has 12 heteroatoms. The number of rotatable bonds is 6. The van der Waals surface area contributed by atoms with Crippen molar-refractivity contribution in [3.05, 3.63) is 68.8 Å². The largest absolute Gasteiger partial charge is 0.465 e. The van der Waals surface area contributed by atoms with Crippen molar-refractivity contribution in [2.45, 2.75) is 13.0 Å². The Morgan fingerprint density at radius 3 is 2.09 bits per heavy atom. The molecule has 1 aliphatic heterocycles. The lowest BCUT2D eigenvalue weighted by Gasteiger charge is -2.22. The molecule has 12 nitrogen and oxygen atoms in total. The summed E-state index contributed by atoms with van der Waals surface area (Å²) in [6.07, 6.45) is 0. The summed E-state index contributed by atoms with van der Waals surface area (Å²) in [6.45, 7) is 1.26. The van der Waals surface area contributed by atoms with Gasteiger partial charge in [0, 0.05) is 11.8 Å². The van der Waals surface area contributed by atoms with Gasteiger partial charge >= 0.3 is 11.9 Å². The van der Waals surface area contributed by atoms with Crippen LogP contribution in [0.15, 0.2) is 36.4 Å². The fourth-order valence-electron chi connectivity index (χ4n) is 3.32. The number of imide groups is 1. The number of nitro benzene ring substituents is 1. The summed E-state index contributed by atoms with van der Waals surface area (Å²) < 4.78 is 9.26. The van der Waals surface area contributed by atoms with Crippen LogP contribution in [0.4, 0.5) is 11.4 Å². The fraction of sp³-hybridized carbons (Fsp3) is 0.190. The summed E-state index contributed by atoms with van der Waals surface area (Å²) in [6, 6.07) is 5.91. The number of nitrogens with one attached hydrogen (secondary N) is 1. The minimum absolute atomic E-state index is 0.00209. The van der Waals surface area contributed by atoms with Gasteiger partial charge in [-0.25, -0.2) is 9.59 Å². The van der Waals surface area contributed by atoms with Crippen LogP contribution in [0.3, 0.4) is 0 Å². The molecule has 1 atom stereocenters. The predicted octanol–water partition coefficient (Wildman–Crippen LogP) is 1.79. The Kier molecular flexibility index (Phi) is 6.19. The van der Waals surface area contributed by atoms with E-state index in [4.69, 9.17) is 0 Å². The van der Waals surface area contributed by atoms with E-state index in [-0.39, 0.29) is 22.4 Å². The smallest absolute Gasteiger partial charge is 0.337 e. The highest BCUT2D eigenvalue weighted by molar-refractivity contribution is 6.25. The number of carbonyl (C=O) groups is 5. The number of nitrogens with zero attached hydrogens (tertiary/aromatic N) is 2. The predicted molar refractivity (Wildman–Crippen MR) is 111 cm³/mol. The third kappa shape index (κ3) is 4.13. The van der Waals surface area contributed by atoms with Crippen LogP contribution in [0.1, 0.15) is 48.4 Å². The van der Waals surface area contributed by atoms with Gasteiger partial charge in [0.2, 0.25) is 5.91 Å². The highest BCUT2D eigenvalue weighted by atomic mass is 16.6. The minimum Gasteiger partial charge on any atom is -0.465 e. The maximum Gasteiger partial charge on any atom is 0.337 e. The first kappa shape index (κ1) is 23.1. The van der Waals surface area contributed by atoms with Crippen molar-refractivity contribution < 1.29 is 38.4 Å². The van der Waals surface area contributed by atoms with Crippen LogP contribution in [0.2, 0.25) is 0 Å². The zero-order valence-electron chi connectivity index (χ0n) is 17.6. The van der Waals surface area contributed by atoms with E-state index < -0.39 is 51.9 Å². The van der Waals surface area contributed by atoms with Crippen LogP contribution in [-0.2, 0) is 14.3 Å². The normalized spacial score (nSPS) is 13.2. The molecule has 0 fully saturated rings. The van der Waals surface area contributed by atoms with E-state index in [0.717, 1.165) is 20.3 Å². The van der Waals surface area contributed by atoms with Crippen molar-refractivity contribution in [3.8, 4) is 0 Å². The molecule has 170 valence electrons. The molecule has 33 heavy (non-hydrogen) atoms. The van der Waals surface area contributed by atoms with E-state index in [9.17, 15) is 34.1 Å². The number of amides is 3. The van der Waals surface area contributed by atoms with Gasteiger partial charge in [0.05, 0.1) is 35.8 Å². The maximum atomic E-state index is 12.8. The van der Waals surface area contributed by atoms with Gasteiger partial charge in [-0.15, -0.1) is 0 Å². The molecule has 1 heterocycles. The highest BCUT2D eigenvalue weighted by Crippen LogP contribution is 2.32. The maximum absolute atomic E-state index is 12.8. The van der Waals surface area contributed by atoms with Crippen LogP contribution in [-0.4, -0.2) is 59.7 Å². The molecule has 0 aromatic heterocycles. The summed E-state index contributed by atoms with van der Waals surface area (Å²) in [7, 11) is 2.27. The van der Waals surface area contributed by atoms with Crippen LogP contribution in [0, 0.1) is 10.1 Å². The number of carbonyl (C=O) groups excluding carboxylic acids is 5. The number of fused-ring (bicyclic) bond motifs is 1. The first-order valence-corrected chi connectivity index (χ1v) is 9.38. The molecular weight excluding hydrogens is 438 g/mol. The van der Waals surface area contributed by atoms with E-state index >= 15 is 0 Å². The van der Waals surface area contributed by atoms with Gasteiger partial charge in [-0.1, -0.05) is 6.07 Å². The third-order valence-corrected chi connectivity index (χ3v) is 4.93. The Balaban J connectivity index is 1.91. The van der Waals surface area contributed by atoms with Crippen molar-refractivity contribution in [3.63, 3.8) is 0 Å². The number of hydrogen-bond donors (Lipinski definition) is 1. The van der Waals surface area contributed by atoms with E-state index in [1.165, 1.54) is 37.3 Å². The van der Waals surface area contributed by atoms with Gasteiger partial charge in [-0.3, -0.25) is 29.4 Å². The number of nitro groups is 1. The Bertz CT molecular complexity index is 1190. The number of hydrogen-bond acceptors (Lipinski definition) is 9. The molecule has 3 rings (SSSR count). The number of benzene rings is 2. The summed E-state index contributed by atoms with van der Waals surface area (Å²) >= 11 is 0. The zero-order chi connectivity index (χ0) is 24.4. The molecule has 2 aromatic rings. The average Bonchev–Trinajstić information content (AvgIpc) is 3.06. The van der Waals surface area contributed by atoms with Gasteiger partial charge in [0.25, 0.3) is 17.5 Å². The lowest BCUT2D eigenvalue weighted by molar-refractivity contribution is -0.385. The summed E-state index contributed by atoms with van der Waals surface area (Å²) in [5, 5.41) is 13.7. The second-order valence-electron chi connectivity index (χ2n) is 6.88. The Labute approximate surface area is 186 Å². The molecule has 0 radical (unpaired) electrons. The number of anilines is 1. The Morgan fingerprint density at radius 1 is 1.00 bits per heavy atom. The lowest BCUT2D eigenvalue weighted by Crippen LogP contribution is -2.45. The van der Waals surface area contributed by atoms with Crippen LogP contribution in [0.25, 0.3) is 0 Å². The highest BCUT2D eigenvalue weighted by Gasteiger charge is 2.44. The second kappa shape index (κ2) is 8.86. The van der Waals surface area contributed by atoms with E-state index in [1.807, 2.05) is 0 Å². The fourth-order valence-corrected chi connectivity index (χ4v) is 3.32. The van der Waals surface area contributed by atoms with Crippen molar-refractivity contribution in [1.82, 2.24) is 4.90 Å². The molecule has 1 aliphatic rings. The van der Waals surface area contributed by atoms with Gasteiger partial charge in [0.15, 0.2) is 0 Å². The van der Waals surface area contributed by atoms with Gasteiger partial charge in [-0.05, 0) is 31.2 Å². The van der Waals surface area contributed by atoms with Gasteiger partial charge in [0.1, 0.15) is 11.6 Å². The summed E-state index contributed by atoms with van der Waals surface area (Å²) in [4.78, 5) is 73.3. The van der Waals surface area contributed by atoms with Crippen molar-refractivity contribution in [2.24, 2.45) is 0 Å². The number of esters is 2. The number of ether oxygens (including phenoxy) is 2. The van der Waals surface area contributed by atoms with E-state index in [1.54, 1.807) is 0 Å². The minimum atomic E-state index is -1.37. The van der Waals surface area contributed by atoms with E-state index in [2.05, 4.69) is 14.8 Å².